The third-order valence-electron chi connectivity index (χ3n) is 4.26. The molecular formula is C22H20FN3O3. The van der Waals surface area contributed by atoms with E-state index < -0.39 is 11.9 Å². The van der Waals surface area contributed by atoms with Crippen molar-refractivity contribution in [1.29, 1.82) is 0 Å². The van der Waals surface area contributed by atoms with Crippen LogP contribution in [0.25, 0.3) is 0 Å². The first-order chi connectivity index (χ1) is 14.1. The van der Waals surface area contributed by atoms with Crippen molar-refractivity contribution < 1.29 is 18.7 Å². The van der Waals surface area contributed by atoms with Crippen molar-refractivity contribution in [3.05, 3.63) is 89.5 Å². The second-order valence-corrected chi connectivity index (χ2v) is 6.19. The zero-order valence-electron chi connectivity index (χ0n) is 15.8. The molecule has 0 bridgehead atoms. The van der Waals surface area contributed by atoms with Gasteiger partial charge in [0, 0.05) is 6.54 Å². The molecule has 1 amide bonds. The van der Waals surface area contributed by atoms with E-state index in [9.17, 15) is 14.0 Å². The highest BCUT2D eigenvalue weighted by atomic mass is 19.1. The number of methoxy groups -OCH3 is 1. The van der Waals surface area contributed by atoms with Crippen LogP contribution in [-0.2, 0) is 11.2 Å². The molecule has 0 aliphatic heterocycles. The fourth-order valence-electron chi connectivity index (χ4n) is 2.74. The number of carbonyl (C=O) groups is 2. The lowest BCUT2D eigenvalue weighted by atomic mass is 10.1. The van der Waals surface area contributed by atoms with E-state index in [2.05, 4.69) is 15.6 Å². The largest absolute Gasteiger partial charge is 0.465 e. The lowest BCUT2D eigenvalue weighted by Crippen LogP contribution is -2.16. The van der Waals surface area contributed by atoms with Crippen LogP contribution in [0.4, 0.5) is 15.8 Å². The Kier molecular flexibility index (Phi) is 6.52. The van der Waals surface area contributed by atoms with Crippen LogP contribution in [0.15, 0.2) is 66.9 Å². The van der Waals surface area contributed by atoms with Gasteiger partial charge in [-0.2, -0.15) is 0 Å². The van der Waals surface area contributed by atoms with Crippen molar-refractivity contribution in [3.63, 3.8) is 0 Å². The normalized spacial score (nSPS) is 10.3. The molecule has 2 N–H and O–H groups in total. The highest BCUT2D eigenvalue weighted by Crippen LogP contribution is 2.17. The first kappa shape index (κ1) is 20.0. The summed E-state index contributed by atoms with van der Waals surface area (Å²) < 4.78 is 18.3. The average molecular weight is 393 g/mol. The molecule has 29 heavy (non-hydrogen) atoms. The lowest BCUT2D eigenvalue weighted by Gasteiger charge is -2.10. The van der Waals surface area contributed by atoms with Crippen molar-refractivity contribution in [1.82, 2.24) is 4.98 Å². The van der Waals surface area contributed by atoms with E-state index in [0.29, 0.717) is 29.9 Å². The molecule has 0 atom stereocenters. The number of pyridine rings is 1. The third-order valence-corrected chi connectivity index (χ3v) is 4.26. The molecule has 1 heterocycles. The van der Waals surface area contributed by atoms with E-state index in [-0.39, 0.29) is 17.1 Å². The summed E-state index contributed by atoms with van der Waals surface area (Å²) in [5, 5.41) is 5.81. The van der Waals surface area contributed by atoms with Gasteiger partial charge in [0.1, 0.15) is 11.5 Å². The molecule has 0 aliphatic rings. The molecular weight excluding hydrogens is 373 g/mol. The fourth-order valence-corrected chi connectivity index (χ4v) is 2.74. The first-order valence-corrected chi connectivity index (χ1v) is 9.00. The van der Waals surface area contributed by atoms with Crippen LogP contribution in [-0.4, -0.2) is 30.5 Å². The van der Waals surface area contributed by atoms with Gasteiger partial charge in [-0.3, -0.25) is 4.79 Å². The second kappa shape index (κ2) is 9.45. The number of hydrogen-bond acceptors (Lipinski definition) is 5. The highest BCUT2D eigenvalue weighted by molar-refractivity contribution is 6.07. The van der Waals surface area contributed by atoms with Crippen LogP contribution in [0, 0.1) is 5.82 Å². The zero-order chi connectivity index (χ0) is 20.6. The number of aromatic nitrogens is 1. The van der Waals surface area contributed by atoms with Crippen LogP contribution >= 0.6 is 0 Å². The lowest BCUT2D eigenvalue weighted by molar-refractivity contribution is 0.0602. The molecule has 0 saturated carbocycles. The predicted molar refractivity (Wildman–Crippen MR) is 109 cm³/mol. The second-order valence-electron chi connectivity index (χ2n) is 6.19. The molecule has 3 aromatic rings. The molecule has 0 saturated heterocycles. The minimum atomic E-state index is -0.539. The average Bonchev–Trinajstić information content (AvgIpc) is 2.75. The molecule has 0 spiro atoms. The smallest absolute Gasteiger partial charge is 0.339 e. The Bertz CT molecular complexity index is 1010. The van der Waals surface area contributed by atoms with Crippen molar-refractivity contribution >= 4 is 23.3 Å². The number of anilines is 2. The Labute approximate surface area is 167 Å². The van der Waals surface area contributed by atoms with E-state index in [0.717, 1.165) is 0 Å². The maximum Gasteiger partial charge on any atom is 0.339 e. The summed E-state index contributed by atoms with van der Waals surface area (Å²) in [6.45, 7) is 0.528. The van der Waals surface area contributed by atoms with Gasteiger partial charge in [-0.1, -0.05) is 30.3 Å². The standard InChI is InChI=1S/C22H20FN3O3/c1-29-22(28)17-7-3-5-9-19(17)26-21(27)20-11-10-16(14-25-20)24-13-12-15-6-2-4-8-18(15)23/h2-11,14,24H,12-13H2,1H3,(H,26,27). The number of benzene rings is 2. The number of nitrogens with zero attached hydrogens (tertiary/aromatic N) is 1. The van der Waals surface area contributed by atoms with Crippen LogP contribution in [0.3, 0.4) is 0 Å². The van der Waals surface area contributed by atoms with E-state index in [1.54, 1.807) is 54.6 Å². The Balaban J connectivity index is 1.59. The van der Waals surface area contributed by atoms with Crippen LogP contribution in [0.1, 0.15) is 26.4 Å². The van der Waals surface area contributed by atoms with Gasteiger partial charge in [0.05, 0.1) is 30.2 Å². The number of esters is 1. The van der Waals surface area contributed by atoms with Crippen LogP contribution < -0.4 is 10.6 Å². The van der Waals surface area contributed by atoms with Gasteiger partial charge in [-0.05, 0) is 42.3 Å². The number of amides is 1. The topological polar surface area (TPSA) is 80.3 Å². The Morgan fingerprint density at radius 2 is 1.79 bits per heavy atom. The molecule has 1 aromatic heterocycles. The molecule has 7 heteroatoms. The number of nitrogens with one attached hydrogen (secondary N) is 2. The molecule has 2 aromatic carbocycles. The van der Waals surface area contributed by atoms with Crippen LogP contribution in [0.2, 0.25) is 0 Å². The summed E-state index contributed by atoms with van der Waals surface area (Å²) in [7, 11) is 1.28. The molecule has 0 unspecified atom stereocenters. The number of para-hydroxylation sites is 1. The monoisotopic (exact) mass is 393 g/mol. The maximum absolute atomic E-state index is 13.6. The summed E-state index contributed by atoms with van der Waals surface area (Å²) in [4.78, 5) is 28.4. The predicted octanol–water partition coefficient (Wildman–Crippen LogP) is 3.91. The molecule has 0 aliphatic carbocycles. The summed E-state index contributed by atoms with van der Waals surface area (Å²) in [5.74, 6) is -1.21. The van der Waals surface area contributed by atoms with Crippen molar-refractivity contribution in [2.45, 2.75) is 6.42 Å². The third kappa shape index (κ3) is 5.16. The number of hydrogen-bond donors (Lipinski definition) is 2. The number of ether oxygens (including phenoxy) is 1. The Morgan fingerprint density at radius 3 is 2.52 bits per heavy atom. The minimum Gasteiger partial charge on any atom is -0.465 e. The first-order valence-electron chi connectivity index (χ1n) is 9.00. The minimum absolute atomic E-state index is 0.198. The maximum atomic E-state index is 13.6. The van der Waals surface area contributed by atoms with E-state index >= 15 is 0 Å². The van der Waals surface area contributed by atoms with Gasteiger partial charge in [-0.15, -0.1) is 0 Å². The zero-order valence-corrected chi connectivity index (χ0v) is 15.8. The van der Waals surface area contributed by atoms with Gasteiger partial charge in [0.15, 0.2) is 0 Å². The SMILES string of the molecule is COC(=O)c1ccccc1NC(=O)c1ccc(NCCc2ccccc2F)cn1. The Hall–Kier alpha value is -3.74. The Morgan fingerprint density at radius 1 is 1.03 bits per heavy atom. The number of rotatable bonds is 7. The van der Waals surface area contributed by atoms with Gasteiger partial charge >= 0.3 is 5.97 Å². The van der Waals surface area contributed by atoms with Crippen molar-refractivity contribution in [2.24, 2.45) is 0 Å². The summed E-state index contributed by atoms with van der Waals surface area (Å²) in [5.41, 5.74) is 2.15. The summed E-state index contributed by atoms with van der Waals surface area (Å²) in [6.07, 6.45) is 2.06. The van der Waals surface area contributed by atoms with Gasteiger partial charge in [0.25, 0.3) is 5.91 Å². The van der Waals surface area contributed by atoms with Gasteiger partial charge < -0.3 is 15.4 Å². The molecule has 6 nitrogen and oxygen atoms in total. The summed E-state index contributed by atoms with van der Waals surface area (Å²) in [6, 6.07) is 16.5. The molecule has 0 fully saturated rings. The number of halogens is 1. The fraction of sp³-hybridized carbons (Fsp3) is 0.136. The molecule has 0 radical (unpaired) electrons. The summed E-state index contributed by atoms with van der Waals surface area (Å²) >= 11 is 0. The van der Waals surface area contributed by atoms with Crippen molar-refractivity contribution in [2.75, 3.05) is 24.3 Å². The van der Waals surface area contributed by atoms with E-state index in [1.807, 2.05) is 0 Å². The van der Waals surface area contributed by atoms with Gasteiger partial charge in [-0.25, -0.2) is 14.2 Å². The quantitative estimate of drug-likeness (QED) is 0.595. The van der Waals surface area contributed by atoms with E-state index in [4.69, 9.17) is 4.74 Å². The molecule has 3 rings (SSSR count). The number of carbonyl (C=O) groups excluding carboxylic acids is 2. The van der Waals surface area contributed by atoms with Crippen molar-refractivity contribution in [3.8, 4) is 0 Å². The van der Waals surface area contributed by atoms with Gasteiger partial charge in [0.2, 0.25) is 0 Å². The van der Waals surface area contributed by atoms with Crippen LogP contribution in [0.5, 0.6) is 0 Å². The van der Waals surface area contributed by atoms with E-state index in [1.165, 1.54) is 19.4 Å². The molecule has 148 valence electrons. The highest BCUT2D eigenvalue weighted by Gasteiger charge is 2.15.